The smallest absolute Gasteiger partial charge is 0.0547 e. The van der Waals surface area contributed by atoms with Crippen LogP contribution in [0.15, 0.2) is 243 Å². The van der Waals surface area contributed by atoms with Gasteiger partial charge in [0, 0.05) is 33.5 Å². The van der Waals surface area contributed by atoms with E-state index in [1.807, 2.05) is 0 Å². The van der Waals surface area contributed by atoms with E-state index in [1.54, 1.807) is 0 Å². The summed E-state index contributed by atoms with van der Waals surface area (Å²) in [5.41, 5.74) is 16.4. The molecule has 0 amide bonds. The second-order valence-corrected chi connectivity index (χ2v) is 15.4. The highest BCUT2D eigenvalue weighted by Gasteiger charge is 2.16. The first-order chi connectivity index (χ1) is 29.7. The van der Waals surface area contributed by atoms with Gasteiger partial charge in [-0.3, -0.25) is 0 Å². The van der Waals surface area contributed by atoms with Crippen LogP contribution < -0.4 is 4.90 Å². The minimum Gasteiger partial charge on any atom is -0.311 e. The number of aromatic nitrogens is 1. The zero-order valence-electron chi connectivity index (χ0n) is 33.0. The summed E-state index contributed by atoms with van der Waals surface area (Å²) in [5.74, 6) is 0. The van der Waals surface area contributed by atoms with E-state index in [1.165, 1.54) is 77.1 Å². The largest absolute Gasteiger partial charge is 0.311 e. The van der Waals surface area contributed by atoms with Crippen molar-refractivity contribution in [1.29, 1.82) is 0 Å². The summed E-state index contributed by atoms with van der Waals surface area (Å²) in [6.45, 7) is 0. The molecule has 2 heteroatoms. The van der Waals surface area contributed by atoms with Crippen LogP contribution in [0.3, 0.4) is 0 Å². The van der Waals surface area contributed by atoms with E-state index in [0.29, 0.717) is 0 Å². The molecule has 0 aliphatic carbocycles. The summed E-state index contributed by atoms with van der Waals surface area (Å²) in [6.07, 6.45) is 0. The fourth-order valence-corrected chi connectivity index (χ4v) is 8.73. The maximum absolute atomic E-state index is 2.41. The monoisotopic (exact) mass is 764 g/mol. The van der Waals surface area contributed by atoms with Gasteiger partial charge in [0.05, 0.1) is 11.0 Å². The molecule has 0 bridgehead atoms. The zero-order valence-corrected chi connectivity index (χ0v) is 33.0. The van der Waals surface area contributed by atoms with Gasteiger partial charge >= 0.3 is 0 Å². The van der Waals surface area contributed by atoms with Crippen LogP contribution in [0.2, 0.25) is 0 Å². The van der Waals surface area contributed by atoms with Crippen molar-refractivity contribution < 1.29 is 0 Å². The summed E-state index contributed by atoms with van der Waals surface area (Å²) >= 11 is 0. The number of para-hydroxylation sites is 1. The van der Waals surface area contributed by atoms with Crippen molar-refractivity contribution in [1.82, 2.24) is 4.57 Å². The third kappa shape index (κ3) is 6.51. The van der Waals surface area contributed by atoms with Gasteiger partial charge in [0.25, 0.3) is 0 Å². The molecule has 0 saturated carbocycles. The number of nitrogens with zero attached hydrogens (tertiary/aromatic N) is 2. The molecule has 11 aromatic rings. The summed E-state index contributed by atoms with van der Waals surface area (Å²) in [7, 11) is 0. The second-order valence-electron chi connectivity index (χ2n) is 15.4. The van der Waals surface area contributed by atoms with Gasteiger partial charge in [0.15, 0.2) is 0 Å². The third-order valence-electron chi connectivity index (χ3n) is 11.8. The van der Waals surface area contributed by atoms with Crippen LogP contribution in [-0.4, -0.2) is 4.57 Å². The molecule has 10 aromatic carbocycles. The molecule has 0 fully saturated rings. The number of benzene rings is 10. The molecule has 11 rings (SSSR count). The predicted molar refractivity (Wildman–Crippen MR) is 255 cm³/mol. The lowest BCUT2D eigenvalue weighted by Crippen LogP contribution is -2.09. The van der Waals surface area contributed by atoms with Gasteiger partial charge < -0.3 is 9.47 Å². The number of anilines is 3. The number of fused-ring (bicyclic) bond motifs is 4. The van der Waals surface area contributed by atoms with E-state index in [0.717, 1.165) is 22.7 Å². The van der Waals surface area contributed by atoms with E-state index < -0.39 is 0 Å². The van der Waals surface area contributed by atoms with Gasteiger partial charge in [-0.2, -0.15) is 0 Å². The summed E-state index contributed by atoms with van der Waals surface area (Å²) in [5, 5.41) is 5.03. The maximum Gasteiger partial charge on any atom is 0.0547 e. The Kier molecular flexibility index (Phi) is 8.87. The van der Waals surface area contributed by atoms with Crippen molar-refractivity contribution in [3.8, 4) is 50.2 Å². The van der Waals surface area contributed by atoms with Crippen LogP contribution in [0.25, 0.3) is 82.8 Å². The Hall–Kier alpha value is -7.94. The number of hydrogen-bond donors (Lipinski definition) is 0. The molecule has 0 saturated heterocycles. The molecule has 282 valence electrons. The molecule has 2 nitrogen and oxygen atoms in total. The van der Waals surface area contributed by atoms with Gasteiger partial charge in [-0.1, -0.05) is 176 Å². The lowest BCUT2D eigenvalue weighted by Gasteiger charge is -2.26. The zero-order chi connectivity index (χ0) is 39.8. The maximum atomic E-state index is 2.41. The van der Waals surface area contributed by atoms with Crippen LogP contribution in [-0.2, 0) is 0 Å². The summed E-state index contributed by atoms with van der Waals surface area (Å²) in [4.78, 5) is 2.35. The molecule has 1 heterocycles. The van der Waals surface area contributed by atoms with Crippen LogP contribution in [0.1, 0.15) is 0 Å². The molecule has 0 spiro atoms. The highest BCUT2D eigenvalue weighted by atomic mass is 15.1. The first-order valence-corrected chi connectivity index (χ1v) is 20.6. The fraction of sp³-hybridized carbons (Fsp3) is 0. The minimum absolute atomic E-state index is 1.09. The molecular weight excluding hydrogens is 725 g/mol. The number of hydrogen-bond acceptors (Lipinski definition) is 1. The predicted octanol–water partition coefficient (Wildman–Crippen LogP) is 16.1. The standard InChI is InChI=1S/C58H40N2/c1-3-12-41(13-4-1)43-22-24-44(25-23-43)46-28-34-52(35-29-46)59(51-32-26-45(27-33-51)42-14-5-2-6-15-42)53-36-30-47(31-37-53)48-18-11-19-54(38-48)60-57-21-10-9-20-55(57)56-39-49-16-7-8-17-50(49)40-58(56)60/h1-40H. The van der Waals surface area contributed by atoms with Gasteiger partial charge in [-0.05, 0) is 122 Å². The first-order valence-electron chi connectivity index (χ1n) is 20.6. The Labute approximate surface area is 350 Å². The van der Waals surface area contributed by atoms with Crippen molar-refractivity contribution in [2.45, 2.75) is 0 Å². The molecule has 60 heavy (non-hydrogen) atoms. The molecule has 0 radical (unpaired) electrons. The van der Waals surface area contributed by atoms with Crippen molar-refractivity contribution in [2.24, 2.45) is 0 Å². The second kappa shape index (κ2) is 15.1. The molecule has 0 atom stereocenters. The van der Waals surface area contributed by atoms with E-state index in [9.17, 15) is 0 Å². The quantitative estimate of drug-likeness (QED) is 0.150. The molecule has 1 aromatic heterocycles. The third-order valence-corrected chi connectivity index (χ3v) is 11.8. The Morgan fingerprint density at radius 1 is 0.250 bits per heavy atom. The Bertz CT molecular complexity index is 3250. The molecular formula is C58H40N2. The molecule has 0 unspecified atom stereocenters. The average molecular weight is 765 g/mol. The van der Waals surface area contributed by atoms with Crippen LogP contribution in [0.4, 0.5) is 17.1 Å². The lowest BCUT2D eigenvalue weighted by atomic mass is 10.00. The van der Waals surface area contributed by atoms with E-state index >= 15 is 0 Å². The van der Waals surface area contributed by atoms with Gasteiger partial charge in [-0.25, -0.2) is 0 Å². The van der Waals surface area contributed by atoms with E-state index in [-0.39, 0.29) is 0 Å². The Balaban J connectivity index is 0.948. The topological polar surface area (TPSA) is 8.17 Å². The normalized spacial score (nSPS) is 11.3. The summed E-state index contributed by atoms with van der Waals surface area (Å²) in [6, 6.07) is 87.8. The van der Waals surface area contributed by atoms with Crippen LogP contribution in [0.5, 0.6) is 0 Å². The Morgan fingerprint density at radius 2 is 0.650 bits per heavy atom. The van der Waals surface area contributed by atoms with Gasteiger partial charge in [0.1, 0.15) is 0 Å². The SMILES string of the molecule is c1ccc(-c2ccc(-c3ccc(N(c4ccc(-c5ccccc5)cc4)c4ccc(-c5cccc(-n6c7ccccc7c7cc8ccccc8cc76)c5)cc4)cc3)cc2)cc1. The lowest BCUT2D eigenvalue weighted by molar-refractivity contribution is 1.18. The molecule has 0 aliphatic rings. The Morgan fingerprint density at radius 3 is 1.18 bits per heavy atom. The highest BCUT2D eigenvalue weighted by Crippen LogP contribution is 2.39. The van der Waals surface area contributed by atoms with E-state index in [2.05, 4.69) is 252 Å². The minimum atomic E-state index is 1.09. The number of rotatable bonds is 8. The van der Waals surface area contributed by atoms with Crippen LogP contribution >= 0.6 is 0 Å². The molecule has 0 aliphatic heterocycles. The van der Waals surface area contributed by atoms with E-state index in [4.69, 9.17) is 0 Å². The fourth-order valence-electron chi connectivity index (χ4n) is 8.73. The highest BCUT2D eigenvalue weighted by molar-refractivity contribution is 6.13. The van der Waals surface area contributed by atoms with Crippen molar-refractivity contribution in [3.63, 3.8) is 0 Å². The average Bonchev–Trinajstić information content (AvgIpc) is 3.65. The molecule has 0 N–H and O–H groups in total. The van der Waals surface area contributed by atoms with Gasteiger partial charge in [0.2, 0.25) is 0 Å². The van der Waals surface area contributed by atoms with Crippen molar-refractivity contribution in [2.75, 3.05) is 4.90 Å². The van der Waals surface area contributed by atoms with Gasteiger partial charge in [-0.15, -0.1) is 0 Å². The van der Waals surface area contributed by atoms with Crippen molar-refractivity contribution >= 4 is 49.6 Å². The summed E-state index contributed by atoms with van der Waals surface area (Å²) < 4.78 is 2.41. The first kappa shape index (κ1) is 35.2. The van der Waals surface area contributed by atoms with Crippen LogP contribution in [0, 0.1) is 0 Å². The van der Waals surface area contributed by atoms with Crippen molar-refractivity contribution in [3.05, 3.63) is 243 Å².